The molecule has 0 spiro atoms. The Morgan fingerprint density at radius 3 is 2.84 bits per heavy atom. The van der Waals surface area contributed by atoms with Crippen molar-refractivity contribution in [3.05, 3.63) is 50.1 Å². The molecule has 1 aromatic carbocycles. The van der Waals surface area contributed by atoms with Gasteiger partial charge in [-0.3, -0.25) is 11.3 Å². The van der Waals surface area contributed by atoms with Crippen molar-refractivity contribution in [3.63, 3.8) is 0 Å². The highest BCUT2D eigenvalue weighted by Gasteiger charge is 2.13. The van der Waals surface area contributed by atoms with Gasteiger partial charge in [-0.05, 0) is 31.0 Å². The van der Waals surface area contributed by atoms with E-state index in [9.17, 15) is 4.39 Å². The highest BCUT2D eigenvalue weighted by molar-refractivity contribution is 9.10. The van der Waals surface area contributed by atoms with Crippen LogP contribution in [0.15, 0.2) is 28.1 Å². The summed E-state index contributed by atoms with van der Waals surface area (Å²) in [6, 6.07) is 5.04. The molecule has 0 aliphatic carbocycles. The predicted molar refractivity (Wildman–Crippen MR) is 79.5 cm³/mol. The van der Waals surface area contributed by atoms with E-state index in [0.717, 1.165) is 15.2 Å². The fourth-order valence-corrected chi connectivity index (χ4v) is 2.86. The Hall–Kier alpha value is -0.820. The Morgan fingerprint density at radius 1 is 1.47 bits per heavy atom. The minimum Gasteiger partial charge on any atom is -0.271 e. The average molecular weight is 344 g/mol. The maximum absolute atomic E-state index is 13.8. The third kappa shape index (κ3) is 4.07. The lowest BCUT2D eigenvalue weighted by atomic mass is 10.0. The number of nitrogens with one attached hydrogen (secondary N) is 1. The van der Waals surface area contributed by atoms with E-state index in [2.05, 4.69) is 26.3 Å². The van der Waals surface area contributed by atoms with E-state index >= 15 is 0 Å². The van der Waals surface area contributed by atoms with Gasteiger partial charge in [0.2, 0.25) is 0 Å². The number of aromatic nitrogens is 1. The van der Waals surface area contributed by atoms with Crippen LogP contribution in [-0.2, 0) is 12.8 Å². The van der Waals surface area contributed by atoms with E-state index in [-0.39, 0.29) is 11.9 Å². The van der Waals surface area contributed by atoms with Crippen LogP contribution in [0.2, 0.25) is 0 Å². The quantitative estimate of drug-likeness (QED) is 0.648. The van der Waals surface area contributed by atoms with E-state index < -0.39 is 0 Å². The normalized spacial score (nSPS) is 12.6. The van der Waals surface area contributed by atoms with E-state index in [1.54, 1.807) is 17.4 Å². The Bertz CT molecular complexity index is 559. The van der Waals surface area contributed by atoms with Gasteiger partial charge in [0.25, 0.3) is 0 Å². The van der Waals surface area contributed by atoms with Crippen molar-refractivity contribution in [1.29, 1.82) is 0 Å². The topological polar surface area (TPSA) is 50.9 Å². The molecule has 0 bridgehead atoms. The second-order valence-electron chi connectivity index (χ2n) is 4.37. The first kappa shape index (κ1) is 14.6. The largest absolute Gasteiger partial charge is 0.271 e. The van der Waals surface area contributed by atoms with Gasteiger partial charge in [0, 0.05) is 22.3 Å². The van der Waals surface area contributed by atoms with Crippen molar-refractivity contribution >= 4 is 27.3 Å². The molecule has 102 valence electrons. The van der Waals surface area contributed by atoms with Crippen LogP contribution in [0.1, 0.15) is 16.3 Å². The number of thiazole rings is 1. The zero-order valence-corrected chi connectivity index (χ0v) is 12.9. The molecule has 2 rings (SSSR count). The molecule has 0 fully saturated rings. The van der Waals surface area contributed by atoms with Crippen LogP contribution < -0.4 is 11.3 Å². The fraction of sp³-hybridized carbons (Fsp3) is 0.308. The van der Waals surface area contributed by atoms with Gasteiger partial charge >= 0.3 is 0 Å². The van der Waals surface area contributed by atoms with Gasteiger partial charge in [-0.1, -0.05) is 22.0 Å². The van der Waals surface area contributed by atoms with E-state index in [4.69, 9.17) is 5.84 Å². The van der Waals surface area contributed by atoms with Crippen LogP contribution in [0.5, 0.6) is 0 Å². The standard InChI is InChI=1S/C13H15BrFN3S/c1-8-17-12(7-19-8)6-11(18-16)4-9-2-3-10(14)5-13(9)15/h2-3,5,7,11,18H,4,6,16H2,1H3. The number of rotatable bonds is 5. The first-order valence-corrected chi connectivity index (χ1v) is 7.57. The minimum atomic E-state index is -0.218. The van der Waals surface area contributed by atoms with Gasteiger partial charge in [0.15, 0.2) is 0 Å². The summed E-state index contributed by atoms with van der Waals surface area (Å²) in [6.45, 7) is 1.97. The van der Waals surface area contributed by atoms with Crippen LogP contribution in [0.4, 0.5) is 4.39 Å². The monoisotopic (exact) mass is 343 g/mol. The lowest BCUT2D eigenvalue weighted by Gasteiger charge is -2.15. The molecule has 3 nitrogen and oxygen atoms in total. The highest BCUT2D eigenvalue weighted by atomic mass is 79.9. The maximum Gasteiger partial charge on any atom is 0.127 e. The number of nitrogens with zero attached hydrogens (tertiary/aromatic N) is 1. The third-order valence-corrected chi connectivity index (χ3v) is 4.15. The molecule has 0 aliphatic rings. The van der Waals surface area contributed by atoms with Crippen LogP contribution >= 0.6 is 27.3 Å². The van der Waals surface area contributed by atoms with Crippen molar-refractivity contribution in [2.45, 2.75) is 25.8 Å². The second-order valence-corrected chi connectivity index (χ2v) is 6.34. The molecule has 0 radical (unpaired) electrons. The SMILES string of the molecule is Cc1nc(CC(Cc2ccc(Br)cc2F)NN)cs1. The van der Waals surface area contributed by atoms with Gasteiger partial charge in [0.05, 0.1) is 10.7 Å². The molecule has 0 saturated carbocycles. The summed E-state index contributed by atoms with van der Waals surface area (Å²) < 4.78 is 14.5. The molecule has 1 atom stereocenters. The number of hydrogen-bond donors (Lipinski definition) is 2. The molecule has 0 saturated heterocycles. The summed E-state index contributed by atoms with van der Waals surface area (Å²) in [6.07, 6.45) is 1.22. The molecular weight excluding hydrogens is 329 g/mol. The molecule has 1 unspecified atom stereocenters. The first-order chi connectivity index (χ1) is 9.08. The Labute approximate surface area is 124 Å². The number of aryl methyl sites for hydroxylation is 1. The molecule has 1 aromatic heterocycles. The smallest absolute Gasteiger partial charge is 0.127 e. The molecular formula is C13H15BrFN3S. The van der Waals surface area contributed by atoms with Crippen molar-refractivity contribution in [1.82, 2.24) is 10.4 Å². The van der Waals surface area contributed by atoms with Crippen molar-refractivity contribution in [2.75, 3.05) is 0 Å². The summed E-state index contributed by atoms with van der Waals surface area (Å²) in [5, 5.41) is 3.04. The fourth-order valence-electron chi connectivity index (χ4n) is 1.90. The lowest BCUT2D eigenvalue weighted by molar-refractivity contribution is 0.503. The van der Waals surface area contributed by atoms with Gasteiger partial charge in [-0.2, -0.15) is 0 Å². The second kappa shape index (κ2) is 6.56. The molecule has 2 aromatic rings. The number of benzene rings is 1. The van der Waals surface area contributed by atoms with Crippen LogP contribution in [0.25, 0.3) is 0 Å². The summed E-state index contributed by atoms with van der Waals surface area (Å²) in [7, 11) is 0. The van der Waals surface area contributed by atoms with Gasteiger partial charge < -0.3 is 0 Å². The number of hydrazine groups is 1. The summed E-state index contributed by atoms with van der Waals surface area (Å²) in [5.41, 5.74) is 4.38. The Balaban J connectivity index is 2.06. The summed E-state index contributed by atoms with van der Waals surface area (Å²) in [4.78, 5) is 4.40. The zero-order valence-electron chi connectivity index (χ0n) is 10.5. The molecule has 0 aliphatic heterocycles. The number of halogens is 2. The number of nitrogens with two attached hydrogens (primary N) is 1. The Morgan fingerprint density at radius 2 is 2.26 bits per heavy atom. The number of hydrogen-bond acceptors (Lipinski definition) is 4. The molecule has 0 amide bonds. The minimum absolute atomic E-state index is 0.0304. The van der Waals surface area contributed by atoms with Crippen LogP contribution in [0, 0.1) is 12.7 Å². The van der Waals surface area contributed by atoms with Crippen LogP contribution in [-0.4, -0.2) is 11.0 Å². The highest BCUT2D eigenvalue weighted by Crippen LogP contribution is 2.18. The van der Waals surface area contributed by atoms with Gasteiger partial charge in [-0.25, -0.2) is 9.37 Å². The summed E-state index contributed by atoms with van der Waals surface area (Å²) in [5.74, 6) is 5.33. The van der Waals surface area contributed by atoms with E-state index in [1.165, 1.54) is 6.07 Å². The van der Waals surface area contributed by atoms with Crippen molar-refractivity contribution in [2.24, 2.45) is 5.84 Å². The summed E-state index contributed by atoms with van der Waals surface area (Å²) >= 11 is 4.86. The maximum atomic E-state index is 13.8. The first-order valence-electron chi connectivity index (χ1n) is 5.89. The van der Waals surface area contributed by atoms with Gasteiger partial charge in [-0.15, -0.1) is 11.3 Å². The molecule has 6 heteroatoms. The van der Waals surface area contributed by atoms with Crippen molar-refractivity contribution in [3.8, 4) is 0 Å². The van der Waals surface area contributed by atoms with E-state index in [0.29, 0.717) is 18.4 Å². The average Bonchev–Trinajstić information content (AvgIpc) is 2.77. The molecule has 3 N–H and O–H groups in total. The zero-order chi connectivity index (χ0) is 13.8. The van der Waals surface area contributed by atoms with E-state index in [1.807, 2.05) is 18.4 Å². The lowest BCUT2D eigenvalue weighted by Crippen LogP contribution is -2.38. The molecule has 19 heavy (non-hydrogen) atoms. The van der Waals surface area contributed by atoms with Gasteiger partial charge in [0.1, 0.15) is 5.82 Å². The van der Waals surface area contributed by atoms with Crippen LogP contribution in [0.3, 0.4) is 0 Å². The molecule has 1 heterocycles. The Kier molecular flexibility index (Phi) is 5.04. The third-order valence-electron chi connectivity index (χ3n) is 2.84. The van der Waals surface area contributed by atoms with Crippen molar-refractivity contribution < 1.29 is 4.39 Å². The predicted octanol–water partition coefficient (Wildman–Crippen LogP) is 2.97.